The van der Waals surface area contributed by atoms with Crippen molar-refractivity contribution >= 4 is 28.4 Å². The molecule has 1 unspecified atom stereocenters. The Morgan fingerprint density at radius 1 is 1.37 bits per heavy atom. The summed E-state index contributed by atoms with van der Waals surface area (Å²) in [6.45, 7) is 8.77. The molecule has 1 aromatic rings. The van der Waals surface area contributed by atoms with Crippen molar-refractivity contribution in [3.8, 4) is 5.75 Å². The average Bonchev–Trinajstić information content (AvgIpc) is 2.26. The predicted octanol–water partition coefficient (Wildman–Crippen LogP) is 4.94. The molecule has 0 bridgehead atoms. The van der Waals surface area contributed by atoms with Crippen molar-refractivity contribution in [3.63, 3.8) is 0 Å². The van der Waals surface area contributed by atoms with Crippen molar-refractivity contribution in [3.05, 3.63) is 27.3 Å². The van der Waals surface area contributed by atoms with Crippen LogP contribution in [0, 0.1) is 14.9 Å². The maximum Gasteiger partial charge on any atom is 0.166 e. The van der Waals surface area contributed by atoms with Crippen LogP contribution in [0.2, 0.25) is 0 Å². The lowest BCUT2D eigenvalue weighted by atomic mass is 9.83. The first-order chi connectivity index (χ1) is 8.73. The summed E-state index contributed by atoms with van der Waals surface area (Å²) in [5.41, 5.74) is 0.963. The van der Waals surface area contributed by atoms with Crippen LogP contribution in [0.3, 0.4) is 0 Å². The van der Waals surface area contributed by atoms with Gasteiger partial charge in [-0.05, 0) is 58.5 Å². The summed E-state index contributed by atoms with van der Waals surface area (Å²) in [7, 11) is 1.61. The molecule has 0 aliphatic rings. The van der Waals surface area contributed by atoms with E-state index < -0.39 is 0 Å². The van der Waals surface area contributed by atoms with Gasteiger partial charge < -0.3 is 4.74 Å². The monoisotopic (exact) mass is 374 g/mol. The van der Waals surface area contributed by atoms with Gasteiger partial charge in [-0.3, -0.25) is 4.79 Å². The molecule has 0 aromatic heterocycles. The van der Waals surface area contributed by atoms with E-state index in [9.17, 15) is 4.79 Å². The van der Waals surface area contributed by atoms with Crippen molar-refractivity contribution in [2.75, 3.05) is 7.11 Å². The molecule has 0 amide bonds. The topological polar surface area (TPSA) is 26.3 Å². The summed E-state index contributed by atoms with van der Waals surface area (Å²) >= 11 is 2.22. The van der Waals surface area contributed by atoms with E-state index in [2.05, 4.69) is 50.3 Å². The molecule has 106 valence electrons. The summed E-state index contributed by atoms with van der Waals surface area (Å²) in [6, 6.07) is 5.73. The van der Waals surface area contributed by atoms with Gasteiger partial charge in [0.1, 0.15) is 5.75 Å². The Morgan fingerprint density at radius 2 is 2.00 bits per heavy atom. The number of Topliss-reactive ketones (excluding diaryl/α,β-unsaturated/α-hetero) is 1. The smallest absolute Gasteiger partial charge is 0.166 e. The lowest BCUT2D eigenvalue weighted by Gasteiger charge is -2.23. The highest BCUT2D eigenvalue weighted by molar-refractivity contribution is 14.1. The summed E-state index contributed by atoms with van der Waals surface area (Å²) in [5.74, 6) is 1.23. The molecule has 2 nitrogen and oxygen atoms in total. The molecule has 0 spiro atoms. The average molecular weight is 374 g/mol. The van der Waals surface area contributed by atoms with Crippen molar-refractivity contribution in [1.29, 1.82) is 0 Å². The summed E-state index contributed by atoms with van der Waals surface area (Å²) < 4.78 is 6.34. The molecule has 0 saturated carbocycles. The molecule has 0 fully saturated rings. The van der Waals surface area contributed by atoms with Crippen LogP contribution in [0.15, 0.2) is 18.2 Å². The third-order valence-corrected chi connectivity index (χ3v) is 3.63. The zero-order valence-corrected chi connectivity index (χ0v) is 14.6. The molecule has 1 atom stereocenters. The summed E-state index contributed by atoms with van der Waals surface area (Å²) in [5, 5.41) is 0. The minimum absolute atomic E-state index is 0.173. The minimum Gasteiger partial charge on any atom is -0.496 e. The van der Waals surface area contributed by atoms with Crippen LogP contribution in [-0.2, 0) is 0 Å². The van der Waals surface area contributed by atoms with Gasteiger partial charge >= 0.3 is 0 Å². The molecule has 0 saturated heterocycles. The van der Waals surface area contributed by atoms with E-state index >= 15 is 0 Å². The fraction of sp³-hybridized carbons (Fsp3) is 0.562. The number of methoxy groups -OCH3 is 1. The zero-order chi connectivity index (χ0) is 14.6. The number of hydrogen-bond acceptors (Lipinski definition) is 2. The lowest BCUT2D eigenvalue weighted by molar-refractivity contribution is 0.0951. The van der Waals surface area contributed by atoms with Gasteiger partial charge in [0.15, 0.2) is 5.78 Å². The molecular formula is C16H23IO2. The normalized spacial score (nSPS) is 13.2. The van der Waals surface area contributed by atoms with Crippen LogP contribution >= 0.6 is 22.6 Å². The number of ether oxygens (including phenoxy) is 1. The summed E-state index contributed by atoms with van der Waals surface area (Å²) in [4.78, 5) is 12.4. The molecule has 0 aliphatic heterocycles. The second-order valence-electron chi connectivity index (χ2n) is 6.34. The second kappa shape index (κ2) is 6.73. The van der Waals surface area contributed by atoms with Gasteiger partial charge in [-0.15, -0.1) is 0 Å². The van der Waals surface area contributed by atoms with Crippen LogP contribution in [0.4, 0.5) is 0 Å². The zero-order valence-electron chi connectivity index (χ0n) is 12.4. The number of rotatable bonds is 5. The van der Waals surface area contributed by atoms with Gasteiger partial charge in [0.2, 0.25) is 0 Å². The standard InChI is InChI=1S/C16H23IO2/c1-11(10-16(2,3)4)8-14(18)13-9-12(17)6-7-15(13)19-5/h6-7,9,11H,8,10H2,1-5H3. The van der Waals surface area contributed by atoms with Crippen molar-refractivity contribution in [2.45, 2.75) is 40.5 Å². The number of hydrogen-bond donors (Lipinski definition) is 0. The Hall–Kier alpha value is -0.580. The van der Waals surface area contributed by atoms with Crippen LogP contribution in [0.25, 0.3) is 0 Å². The SMILES string of the molecule is COc1ccc(I)cc1C(=O)CC(C)CC(C)(C)C. The largest absolute Gasteiger partial charge is 0.496 e. The number of halogens is 1. The maximum atomic E-state index is 12.4. The van der Waals surface area contributed by atoms with Gasteiger partial charge in [0.05, 0.1) is 12.7 Å². The fourth-order valence-electron chi connectivity index (χ4n) is 2.44. The molecular weight excluding hydrogens is 351 g/mol. The fourth-order valence-corrected chi connectivity index (χ4v) is 2.93. The maximum absolute atomic E-state index is 12.4. The summed E-state index contributed by atoms with van der Waals surface area (Å²) in [6.07, 6.45) is 1.62. The van der Waals surface area contributed by atoms with Crippen molar-refractivity contribution in [1.82, 2.24) is 0 Å². The minimum atomic E-state index is 0.173. The predicted molar refractivity (Wildman–Crippen MR) is 87.9 cm³/mol. The Kier molecular flexibility index (Phi) is 5.83. The highest BCUT2D eigenvalue weighted by Gasteiger charge is 2.20. The van der Waals surface area contributed by atoms with Crippen LogP contribution in [-0.4, -0.2) is 12.9 Å². The van der Waals surface area contributed by atoms with Gasteiger partial charge in [-0.1, -0.05) is 27.7 Å². The Labute approximate surface area is 130 Å². The van der Waals surface area contributed by atoms with Crippen LogP contribution in [0.5, 0.6) is 5.75 Å². The molecule has 0 radical (unpaired) electrons. The van der Waals surface area contributed by atoms with Gasteiger partial charge in [0.25, 0.3) is 0 Å². The third kappa shape index (κ3) is 5.51. The van der Waals surface area contributed by atoms with E-state index in [1.165, 1.54) is 0 Å². The van der Waals surface area contributed by atoms with E-state index in [0.717, 1.165) is 9.99 Å². The van der Waals surface area contributed by atoms with E-state index in [1.54, 1.807) is 7.11 Å². The highest BCUT2D eigenvalue weighted by atomic mass is 127. The van der Waals surface area contributed by atoms with Crippen molar-refractivity contribution < 1.29 is 9.53 Å². The molecule has 0 aliphatic carbocycles. The highest BCUT2D eigenvalue weighted by Crippen LogP contribution is 2.29. The number of benzene rings is 1. The molecule has 3 heteroatoms. The number of ketones is 1. The Bertz CT molecular complexity index is 447. The number of carbonyl (C=O) groups excluding carboxylic acids is 1. The Balaban J connectivity index is 2.81. The molecule has 0 heterocycles. The molecule has 1 rings (SSSR count). The molecule has 0 N–H and O–H groups in total. The second-order valence-corrected chi connectivity index (χ2v) is 7.59. The van der Waals surface area contributed by atoms with E-state index in [0.29, 0.717) is 23.7 Å². The van der Waals surface area contributed by atoms with Gasteiger partial charge in [-0.25, -0.2) is 0 Å². The van der Waals surface area contributed by atoms with Gasteiger partial charge in [0, 0.05) is 9.99 Å². The number of carbonyl (C=O) groups is 1. The van der Waals surface area contributed by atoms with E-state index in [-0.39, 0.29) is 11.2 Å². The van der Waals surface area contributed by atoms with Crippen molar-refractivity contribution in [2.24, 2.45) is 11.3 Å². The lowest BCUT2D eigenvalue weighted by Crippen LogP contribution is -2.15. The molecule has 1 aromatic carbocycles. The van der Waals surface area contributed by atoms with E-state index in [4.69, 9.17) is 4.74 Å². The first-order valence-corrected chi connectivity index (χ1v) is 7.67. The third-order valence-electron chi connectivity index (χ3n) is 2.96. The van der Waals surface area contributed by atoms with E-state index in [1.807, 2.05) is 18.2 Å². The molecule has 19 heavy (non-hydrogen) atoms. The van der Waals surface area contributed by atoms with Gasteiger partial charge in [-0.2, -0.15) is 0 Å². The first-order valence-electron chi connectivity index (χ1n) is 6.59. The van der Waals surface area contributed by atoms with Crippen LogP contribution < -0.4 is 4.74 Å². The first kappa shape index (κ1) is 16.5. The quantitative estimate of drug-likeness (QED) is 0.539. The van der Waals surface area contributed by atoms with Crippen LogP contribution in [0.1, 0.15) is 50.9 Å². The Morgan fingerprint density at radius 3 is 2.53 bits per heavy atom.